The monoisotopic (exact) mass is 237 g/mol. The van der Waals surface area contributed by atoms with Crippen molar-refractivity contribution >= 4 is 11.9 Å². The highest BCUT2D eigenvalue weighted by Crippen LogP contribution is 2.32. The van der Waals surface area contributed by atoms with Crippen molar-refractivity contribution in [1.29, 1.82) is 0 Å². The van der Waals surface area contributed by atoms with Crippen molar-refractivity contribution in [3.05, 3.63) is 34.1 Å². The highest BCUT2D eigenvalue weighted by Gasteiger charge is 2.29. The average Bonchev–Trinajstić information content (AvgIpc) is 2.65. The summed E-state index contributed by atoms with van der Waals surface area (Å²) in [5.41, 5.74) is 7.80. The second-order valence-electron chi connectivity index (χ2n) is 3.64. The predicted octanol–water partition coefficient (Wildman–Crippen LogP) is 0.822. The third-order valence-electron chi connectivity index (χ3n) is 2.56. The zero-order chi connectivity index (χ0) is 13.2. The van der Waals surface area contributed by atoms with Crippen molar-refractivity contribution < 1.29 is 19.1 Å². The molecule has 0 amide bonds. The quantitative estimate of drug-likeness (QED) is 0.719. The fourth-order valence-electron chi connectivity index (χ4n) is 1.66. The smallest absolute Gasteiger partial charge is 0.338 e. The van der Waals surface area contributed by atoms with E-state index in [1.165, 1.54) is 14.2 Å². The summed E-state index contributed by atoms with van der Waals surface area (Å²) >= 11 is 0. The number of esters is 2. The molecule has 0 aromatic heterocycles. The second-order valence-corrected chi connectivity index (χ2v) is 3.64. The van der Waals surface area contributed by atoms with Crippen molar-refractivity contribution in [3.8, 4) is 0 Å². The van der Waals surface area contributed by atoms with Gasteiger partial charge in [0.2, 0.25) is 0 Å². The summed E-state index contributed by atoms with van der Waals surface area (Å²) in [6, 6.07) is 0. The fraction of sp³-hybridized carbons (Fsp3) is 0.333. The van der Waals surface area contributed by atoms with Crippen LogP contribution in [0.2, 0.25) is 0 Å². The summed E-state index contributed by atoms with van der Waals surface area (Å²) in [5.74, 6) is -1.02. The lowest BCUT2D eigenvalue weighted by atomic mass is 10.0. The molecule has 1 aliphatic rings. The van der Waals surface area contributed by atoms with E-state index >= 15 is 0 Å². The molecular formula is C12H15NO4. The van der Waals surface area contributed by atoms with Gasteiger partial charge in [-0.3, -0.25) is 0 Å². The van der Waals surface area contributed by atoms with Gasteiger partial charge < -0.3 is 15.2 Å². The van der Waals surface area contributed by atoms with Gasteiger partial charge in [0.25, 0.3) is 0 Å². The SMILES string of the molecule is COC(=O)C1=CC(=C(C)N)C(C(=O)OC)=C1C. The molecular weight excluding hydrogens is 222 g/mol. The molecule has 5 heteroatoms. The van der Waals surface area contributed by atoms with E-state index in [2.05, 4.69) is 9.47 Å². The van der Waals surface area contributed by atoms with E-state index in [-0.39, 0.29) is 0 Å². The number of ether oxygens (including phenoxy) is 2. The van der Waals surface area contributed by atoms with Crippen LogP contribution in [-0.2, 0) is 19.1 Å². The van der Waals surface area contributed by atoms with Crippen molar-refractivity contribution in [2.45, 2.75) is 13.8 Å². The fourth-order valence-corrected chi connectivity index (χ4v) is 1.66. The Labute approximate surface area is 99.6 Å². The molecule has 0 bridgehead atoms. The summed E-state index contributed by atoms with van der Waals surface area (Å²) in [4.78, 5) is 23.1. The van der Waals surface area contributed by atoms with Crippen LogP contribution < -0.4 is 5.73 Å². The molecule has 0 heterocycles. The van der Waals surface area contributed by atoms with Crippen LogP contribution in [0.5, 0.6) is 0 Å². The van der Waals surface area contributed by atoms with Crippen molar-refractivity contribution in [2.24, 2.45) is 5.73 Å². The van der Waals surface area contributed by atoms with Gasteiger partial charge in [0.15, 0.2) is 0 Å². The molecule has 5 nitrogen and oxygen atoms in total. The number of rotatable bonds is 2. The number of nitrogens with two attached hydrogens (primary N) is 1. The summed E-state index contributed by atoms with van der Waals surface area (Å²) in [5, 5.41) is 0. The van der Waals surface area contributed by atoms with Gasteiger partial charge in [-0.2, -0.15) is 0 Å². The van der Waals surface area contributed by atoms with Gasteiger partial charge in [-0.25, -0.2) is 9.59 Å². The lowest BCUT2D eigenvalue weighted by Crippen LogP contribution is -2.10. The highest BCUT2D eigenvalue weighted by molar-refractivity contribution is 6.05. The van der Waals surface area contributed by atoms with E-state index in [0.717, 1.165) is 0 Å². The normalized spacial score (nSPS) is 17.8. The molecule has 1 rings (SSSR count). The maximum Gasteiger partial charge on any atom is 0.338 e. The number of carbonyl (C=O) groups excluding carboxylic acids is 2. The Morgan fingerprint density at radius 1 is 1.18 bits per heavy atom. The Balaban J connectivity index is 3.37. The van der Waals surface area contributed by atoms with Crippen LogP contribution in [0.4, 0.5) is 0 Å². The van der Waals surface area contributed by atoms with Crippen LogP contribution in [0.25, 0.3) is 0 Å². The largest absolute Gasteiger partial charge is 0.465 e. The van der Waals surface area contributed by atoms with Gasteiger partial charge in [0, 0.05) is 11.3 Å². The molecule has 0 fully saturated rings. The summed E-state index contributed by atoms with van der Waals surface area (Å²) in [6.07, 6.45) is 1.54. The lowest BCUT2D eigenvalue weighted by Gasteiger charge is -2.06. The topological polar surface area (TPSA) is 78.6 Å². The summed E-state index contributed by atoms with van der Waals surface area (Å²) < 4.78 is 9.31. The van der Waals surface area contributed by atoms with Crippen LogP contribution in [0.3, 0.4) is 0 Å². The first-order chi connectivity index (χ1) is 7.93. The third-order valence-corrected chi connectivity index (χ3v) is 2.56. The summed E-state index contributed by atoms with van der Waals surface area (Å²) in [7, 11) is 2.56. The maximum atomic E-state index is 11.6. The van der Waals surface area contributed by atoms with Crippen LogP contribution in [0.15, 0.2) is 34.1 Å². The summed E-state index contributed by atoms with van der Waals surface area (Å²) in [6.45, 7) is 3.31. The molecule has 0 radical (unpaired) electrons. The lowest BCUT2D eigenvalue weighted by molar-refractivity contribution is -0.136. The van der Waals surface area contributed by atoms with E-state index in [0.29, 0.717) is 28.0 Å². The minimum atomic E-state index is -0.516. The minimum Gasteiger partial charge on any atom is -0.465 e. The van der Waals surface area contributed by atoms with E-state index in [4.69, 9.17) is 5.73 Å². The number of methoxy groups -OCH3 is 2. The first-order valence-corrected chi connectivity index (χ1v) is 5.00. The van der Waals surface area contributed by atoms with Gasteiger partial charge in [0.1, 0.15) is 0 Å². The second kappa shape index (κ2) is 4.86. The molecule has 0 atom stereocenters. The van der Waals surface area contributed by atoms with Crippen molar-refractivity contribution in [3.63, 3.8) is 0 Å². The highest BCUT2D eigenvalue weighted by atomic mass is 16.5. The van der Waals surface area contributed by atoms with E-state index in [1.807, 2.05) is 0 Å². The number of carbonyl (C=O) groups is 2. The molecule has 0 saturated heterocycles. The average molecular weight is 237 g/mol. The minimum absolute atomic E-state index is 0.313. The van der Waals surface area contributed by atoms with Gasteiger partial charge in [-0.05, 0) is 25.5 Å². The molecule has 0 aromatic carbocycles. The molecule has 0 aliphatic heterocycles. The first kappa shape index (κ1) is 13.0. The molecule has 0 spiro atoms. The molecule has 0 saturated carbocycles. The molecule has 17 heavy (non-hydrogen) atoms. The maximum absolute atomic E-state index is 11.6. The number of hydrogen-bond acceptors (Lipinski definition) is 5. The number of allylic oxidation sites excluding steroid dienone is 2. The Hall–Kier alpha value is -2.04. The standard InChI is InChI=1S/C12H15NO4/c1-6-8(11(14)16-3)5-9(7(2)13)10(6)12(15)17-4/h5H,13H2,1-4H3. The van der Waals surface area contributed by atoms with Crippen LogP contribution >= 0.6 is 0 Å². The van der Waals surface area contributed by atoms with Gasteiger partial charge in [0.05, 0.1) is 25.4 Å². The van der Waals surface area contributed by atoms with E-state index < -0.39 is 11.9 Å². The molecule has 1 aliphatic carbocycles. The molecule has 0 aromatic rings. The van der Waals surface area contributed by atoms with Gasteiger partial charge in [-0.15, -0.1) is 0 Å². The Morgan fingerprint density at radius 2 is 1.71 bits per heavy atom. The Bertz CT molecular complexity index is 465. The van der Waals surface area contributed by atoms with Gasteiger partial charge >= 0.3 is 11.9 Å². The Kier molecular flexibility index (Phi) is 3.73. The van der Waals surface area contributed by atoms with Gasteiger partial charge in [-0.1, -0.05) is 0 Å². The van der Waals surface area contributed by atoms with Crippen LogP contribution in [0, 0.1) is 0 Å². The molecule has 92 valence electrons. The third kappa shape index (κ3) is 2.22. The first-order valence-electron chi connectivity index (χ1n) is 5.00. The molecule has 2 N–H and O–H groups in total. The zero-order valence-corrected chi connectivity index (χ0v) is 10.3. The van der Waals surface area contributed by atoms with Crippen molar-refractivity contribution in [1.82, 2.24) is 0 Å². The molecule has 0 unspecified atom stereocenters. The van der Waals surface area contributed by atoms with Crippen molar-refractivity contribution in [2.75, 3.05) is 14.2 Å². The van der Waals surface area contributed by atoms with Crippen LogP contribution in [0.1, 0.15) is 13.8 Å². The predicted molar refractivity (Wildman–Crippen MR) is 61.7 cm³/mol. The number of hydrogen-bond donors (Lipinski definition) is 1. The van der Waals surface area contributed by atoms with Crippen LogP contribution in [-0.4, -0.2) is 26.2 Å². The Morgan fingerprint density at radius 3 is 2.12 bits per heavy atom. The zero-order valence-electron chi connectivity index (χ0n) is 10.3. The van der Waals surface area contributed by atoms with E-state index in [9.17, 15) is 9.59 Å². The van der Waals surface area contributed by atoms with E-state index in [1.54, 1.807) is 19.9 Å².